The number of rotatable bonds is 10. The fourth-order valence-corrected chi connectivity index (χ4v) is 4.83. The number of carbonyl (C=O) groups excluding carboxylic acids is 3. The van der Waals surface area contributed by atoms with Gasteiger partial charge in [0.1, 0.15) is 11.4 Å². The largest absolute Gasteiger partial charge is 0.496 e. The summed E-state index contributed by atoms with van der Waals surface area (Å²) in [5.41, 5.74) is 2.51. The molecule has 0 aliphatic carbocycles. The molecule has 0 aliphatic heterocycles. The van der Waals surface area contributed by atoms with E-state index in [9.17, 15) is 14.4 Å². The molecule has 0 atom stereocenters. The number of anilines is 2. The molecule has 0 fully saturated rings. The summed E-state index contributed by atoms with van der Waals surface area (Å²) in [6.45, 7) is 1.87. The Morgan fingerprint density at radius 1 is 0.949 bits per heavy atom. The number of hydrogen-bond donors (Lipinski definition) is 3. The van der Waals surface area contributed by atoms with Crippen molar-refractivity contribution in [2.24, 2.45) is 0 Å². The number of thioether (sulfide) groups is 1. The van der Waals surface area contributed by atoms with Gasteiger partial charge in [-0.15, -0.1) is 23.1 Å². The van der Waals surface area contributed by atoms with Crippen molar-refractivity contribution < 1.29 is 19.1 Å². The molecular formula is C29H26N4O4S2. The number of ether oxygens (including phenoxy) is 1. The highest BCUT2D eigenvalue weighted by molar-refractivity contribution is 8.00. The molecule has 3 aromatic carbocycles. The maximum absolute atomic E-state index is 13.3. The second kappa shape index (κ2) is 13.4. The third-order valence-corrected chi connectivity index (χ3v) is 7.20. The molecule has 4 aromatic rings. The van der Waals surface area contributed by atoms with E-state index in [0.717, 1.165) is 10.6 Å². The molecule has 4 rings (SSSR count). The minimum atomic E-state index is -0.497. The summed E-state index contributed by atoms with van der Waals surface area (Å²) in [6.07, 6.45) is 1.57. The maximum Gasteiger partial charge on any atom is 0.272 e. The molecule has 0 radical (unpaired) electrons. The summed E-state index contributed by atoms with van der Waals surface area (Å²) < 4.78 is 5.40. The summed E-state index contributed by atoms with van der Waals surface area (Å²) in [6, 6.07) is 23.0. The molecule has 39 heavy (non-hydrogen) atoms. The fourth-order valence-electron chi connectivity index (χ4n) is 3.43. The predicted molar refractivity (Wildman–Crippen MR) is 156 cm³/mol. The molecule has 10 heteroatoms. The number of amides is 3. The molecular weight excluding hydrogens is 532 g/mol. The number of thiazole rings is 1. The number of methoxy groups -OCH3 is 1. The smallest absolute Gasteiger partial charge is 0.272 e. The van der Waals surface area contributed by atoms with Crippen LogP contribution >= 0.6 is 23.1 Å². The van der Waals surface area contributed by atoms with Crippen LogP contribution in [0.25, 0.3) is 6.08 Å². The number of aromatic nitrogens is 1. The zero-order valence-corrected chi connectivity index (χ0v) is 22.9. The van der Waals surface area contributed by atoms with Gasteiger partial charge in [-0.25, -0.2) is 4.98 Å². The molecule has 0 saturated heterocycles. The summed E-state index contributed by atoms with van der Waals surface area (Å²) in [4.78, 5) is 43.4. The van der Waals surface area contributed by atoms with Crippen LogP contribution in [0.3, 0.4) is 0 Å². The Morgan fingerprint density at radius 2 is 1.67 bits per heavy atom. The zero-order valence-electron chi connectivity index (χ0n) is 21.3. The van der Waals surface area contributed by atoms with Gasteiger partial charge < -0.3 is 20.7 Å². The van der Waals surface area contributed by atoms with Gasteiger partial charge in [-0.1, -0.05) is 36.4 Å². The van der Waals surface area contributed by atoms with Crippen molar-refractivity contribution in [2.45, 2.75) is 11.8 Å². The molecule has 0 unspecified atom stereocenters. The van der Waals surface area contributed by atoms with Gasteiger partial charge in [-0.2, -0.15) is 0 Å². The second-order valence-corrected chi connectivity index (χ2v) is 10.1. The molecule has 1 aromatic heterocycles. The Bertz CT molecular complexity index is 1480. The number of nitrogens with one attached hydrogen (secondary N) is 3. The number of benzene rings is 3. The number of aryl methyl sites for hydroxylation is 1. The molecule has 0 bridgehead atoms. The molecule has 3 amide bonds. The highest BCUT2D eigenvalue weighted by atomic mass is 32.2. The SMILES string of the molecule is COc1ccccc1/C=C(\NC(=O)c1ccccc1)C(=O)Nc1ccc(SCC(=O)Nc2nc(C)cs2)cc1. The van der Waals surface area contributed by atoms with Crippen LogP contribution in [0.2, 0.25) is 0 Å². The van der Waals surface area contributed by atoms with E-state index in [1.54, 1.807) is 54.6 Å². The van der Waals surface area contributed by atoms with Crippen molar-refractivity contribution in [2.75, 3.05) is 23.5 Å². The van der Waals surface area contributed by atoms with E-state index in [1.807, 2.05) is 42.6 Å². The molecule has 0 spiro atoms. The van der Waals surface area contributed by atoms with Crippen molar-refractivity contribution in [1.82, 2.24) is 10.3 Å². The standard InChI is InChI=1S/C29H26N4O4S2/c1-19-17-39-29(30-19)33-26(34)18-38-23-14-12-22(13-15-23)31-28(36)24(16-21-10-6-7-11-25(21)37-2)32-27(35)20-8-4-3-5-9-20/h3-17H,18H2,1-2H3,(H,31,36)(H,32,35)(H,30,33,34)/b24-16-. The lowest BCUT2D eigenvalue weighted by molar-refractivity contribution is -0.114. The Hall–Kier alpha value is -4.41. The summed E-state index contributed by atoms with van der Waals surface area (Å²) in [5, 5.41) is 10.8. The average Bonchev–Trinajstić information content (AvgIpc) is 3.37. The van der Waals surface area contributed by atoms with Crippen molar-refractivity contribution in [3.8, 4) is 5.75 Å². The summed E-state index contributed by atoms with van der Waals surface area (Å²) in [5.74, 6) is -0.269. The van der Waals surface area contributed by atoms with Crippen LogP contribution < -0.4 is 20.7 Å². The third kappa shape index (κ3) is 8.03. The lowest BCUT2D eigenvalue weighted by Crippen LogP contribution is -2.30. The first-order valence-corrected chi connectivity index (χ1v) is 13.7. The highest BCUT2D eigenvalue weighted by Gasteiger charge is 2.16. The van der Waals surface area contributed by atoms with E-state index in [0.29, 0.717) is 27.7 Å². The molecule has 0 saturated carbocycles. The van der Waals surface area contributed by atoms with Crippen LogP contribution in [0, 0.1) is 6.92 Å². The summed E-state index contributed by atoms with van der Waals surface area (Å²) >= 11 is 2.75. The highest BCUT2D eigenvalue weighted by Crippen LogP contribution is 2.23. The number of hydrogen-bond acceptors (Lipinski definition) is 7. The predicted octanol–water partition coefficient (Wildman–Crippen LogP) is 5.60. The van der Waals surface area contributed by atoms with Gasteiger partial charge in [0.15, 0.2) is 5.13 Å². The van der Waals surface area contributed by atoms with Crippen molar-refractivity contribution in [1.29, 1.82) is 0 Å². The normalized spacial score (nSPS) is 11.0. The third-order valence-electron chi connectivity index (χ3n) is 5.32. The van der Waals surface area contributed by atoms with Crippen LogP contribution in [-0.2, 0) is 9.59 Å². The fraction of sp³-hybridized carbons (Fsp3) is 0.103. The number of carbonyl (C=O) groups is 3. The van der Waals surface area contributed by atoms with Gasteiger partial charge in [0, 0.05) is 27.1 Å². The topological polar surface area (TPSA) is 109 Å². The molecule has 8 nitrogen and oxygen atoms in total. The van der Waals surface area contributed by atoms with Crippen molar-refractivity contribution in [3.05, 3.63) is 107 Å². The van der Waals surface area contributed by atoms with Gasteiger partial charge in [0.25, 0.3) is 11.8 Å². The molecule has 0 aliphatic rings. The quantitative estimate of drug-likeness (QED) is 0.173. The van der Waals surface area contributed by atoms with Crippen molar-refractivity contribution >= 4 is 57.7 Å². The minimum Gasteiger partial charge on any atom is -0.496 e. The molecule has 198 valence electrons. The first-order chi connectivity index (χ1) is 18.9. The Morgan fingerprint density at radius 3 is 2.36 bits per heavy atom. The first-order valence-electron chi connectivity index (χ1n) is 11.9. The Kier molecular flexibility index (Phi) is 9.49. The molecule has 1 heterocycles. The lowest BCUT2D eigenvalue weighted by atomic mass is 10.1. The molecule has 3 N–H and O–H groups in total. The van der Waals surface area contributed by atoms with E-state index >= 15 is 0 Å². The van der Waals surface area contributed by atoms with E-state index < -0.39 is 11.8 Å². The Balaban J connectivity index is 1.43. The Labute approximate surface area is 234 Å². The van der Waals surface area contributed by atoms with E-state index in [1.165, 1.54) is 30.2 Å². The lowest BCUT2D eigenvalue weighted by Gasteiger charge is -2.13. The second-order valence-electron chi connectivity index (χ2n) is 8.23. The van der Waals surface area contributed by atoms with Crippen molar-refractivity contribution in [3.63, 3.8) is 0 Å². The van der Waals surface area contributed by atoms with Crippen LogP contribution in [0.1, 0.15) is 21.6 Å². The number of nitrogens with zero attached hydrogens (tertiary/aromatic N) is 1. The van der Waals surface area contributed by atoms with Gasteiger partial charge in [-0.05, 0) is 55.5 Å². The summed E-state index contributed by atoms with van der Waals surface area (Å²) in [7, 11) is 1.54. The van der Waals surface area contributed by atoms with Crippen LogP contribution in [0.4, 0.5) is 10.8 Å². The van der Waals surface area contributed by atoms with Crippen LogP contribution in [-0.4, -0.2) is 35.6 Å². The average molecular weight is 559 g/mol. The monoisotopic (exact) mass is 558 g/mol. The van der Waals surface area contributed by atoms with Crippen LogP contribution in [0.15, 0.2) is 94.8 Å². The van der Waals surface area contributed by atoms with Gasteiger partial charge >= 0.3 is 0 Å². The first kappa shape index (κ1) is 27.6. The van der Waals surface area contributed by atoms with Crippen LogP contribution in [0.5, 0.6) is 5.75 Å². The van der Waals surface area contributed by atoms with Gasteiger partial charge in [-0.3, -0.25) is 14.4 Å². The zero-order chi connectivity index (χ0) is 27.6. The van der Waals surface area contributed by atoms with Gasteiger partial charge in [0.05, 0.1) is 18.6 Å². The van der Waals surface area contributed by atoms with E-state index in [2.05, 4.69) is 20.9 Å². The maximum atomic E-state index is 13.3. The van der Waals surface area contributed by atoms with Gasteiger partial charge in [0.2, 0.25) is 5.91 Å². The minimum absolute atomic E-state index is 0.0564. The number of para-hydroxylation sites is 1. The van der Waals surface area contributed by atoms with E-state index in [-0.39, 0.29) is 17.4 Å². The van der Waals surface area contributed by atoms with E-state index in [4.69, 9.17) is 4.74 Å².